The molecule has 1 aromatic heterocycles. The van der Waals surface area contributed by atoms with Crippen LogP contribution in [0.1, 0.15) is 32.1 Å². The van der Waals surface area contributed by atoms with Gasteiger partial charge in [0.05, 0.1) is 6.61 Å². The first kappa shape index (κ1) is 13.1. The number of fused-ring (bicyclic) bond motifs is 1. The van der Waals surface area contributed by atoms with Crippen molar-refractivity contribution in [3.05, 3.63) is 35.6 Å². The molecule has 0 spiro atoms. The van der Waals surface area contributed by atoms with E-state index in [1.807, 2.05) is 32.0 Å². The second-order valence-corrected chi connectivity index (χ2v) is 5.25. The molecule has 2 aromatic rings. The highest BCUT2D eigenvalue weighted by atomic mass is 16.3. The average Bonchev–Trinajstić information content (AvgIpc) is 2.74. The number of para-hydroxylation sites is 1. The summed E-state index contributed by atoms with van der Waals surface area (Å²) in [7, 11) is 0. The highest BCUT2D eigenvalue weighted by molar-refractivity contribution is 5.82. The van der Waals surface area contributed by atoms with Crippen LogP contribution in [0.4, 0.5) is 0 Å². The predicted molar refractivity (Wildman–Crippen MR) is 73.6 cm³/mol. The van der Waals surface area contributed by atoms with Crippen molar-refractivity contribution >= 4 is 11.0 Å². The van der Waals surface area contributed by atoms with Gasteiger partial charge in [-0.15, -0.1) is 0 Å². The number of benzene rings is 1. The van der Waals surface area contributed by atoms with Crippen molar-refractivity contribution in [3.63, 3.8) is 0 Å². The number of aryl methyl sites for hydroxylation is 1. The molecule has 0 radical (unpaired) electrons. The quantitative estimate of drug-likeness (QED) is 0.854. The summed E-state index contributed by atoms with van der Waals surface area (Å²) in [5.74, 6) is 1.03. The van der Waals surface area contributed by atoms with Gasteiger partial charge < -0.3 is 14.8 Å². The molecule has 3 nitrogen and oxygen atoms in total. The van der Waals surface area contributed by atoms with Gasteiger partial charge in [-0.1, -0.05) is 25.1 Å². The SMILES string of the molecule is CCc1oc2ccccc2c1CNC(C)(C)CO. The van der Waals surface area contributed by atoms with Crippen molar-refractivity contribution in [2.45, 2.75) is 39.3 Å². The standard InChI is InChI=1S/C15H21NO2/c1-4-13-12(9-16-15(2,3)10-17)11-7-5-6-8-14(11)18-13/h5-8,16-17H,4,9-10H2,1-3H3. The zero-order valence-electron chi connectivity index (χ0n) is 11.3. The summed E-state index contributed by atoms with van der Waals surface area (Å²) >= 11 is 0. The van der Waals surface area contributed by atoms with Crippen LogP contribution >= 0.6 is 0 Å². The molecule has 3 heteroatoms. The van der Waals surface area contributed by atoms with Crippen molar-refractivity contribution in [1.82, 2.24) is 5.32 Å². The lowest BCUT2D eigenvalue weighted by molar-refractivity contribution is 0.187. The van der Waals surface area contributed by atoms with Crippen LogP contribution < -0.4 is 5.32 Å². The largest absolute Gasteiger partial charge is 0.461 e. The Kier molecular flexibility index (Phi) is 3.73. The summed E-state index contributed by atoms with van der Waals surface area (Å²) in [5.41, 5.74) is 1.87. The number of hydrogen-bond donors (Lipinski definition) is 2. The Balaban J connectivity index is 2.31. The molecule has 98 valence electrons. The van der Waals surface area contributed by atoms with Crippen molar-refractivity contribution in [1.29, 1.82) is 0 Å². The third-order valence-corrected chi connectivity index (χ3v) is 3.24. The zero-order chi connectivity index (χ0) is 13.2. The molecule has 0 aliphatic heterocycles. The van der Waals surface area contributed by atoms with Crippen molar-refractivity contribution in [2.75, 3.05) is 6.61 Å². The highest BCUT2D eigenvalue weighted by Gasteiger charge is 2.18. The topological polar surface area (TPSA) is 45.4 Å². The molecule has 0 aliphatic carbocycles. The highest BCUT2D eigenvalue weighted by Crippen LogP contribution is 2.26. The van der Waals surface area contributed by atoms with Crippen LogP contribution in [-0.4, -0.2) is 17.3 Å². The molecule has 0 saturated carbocycles. The van der Waals surface area contributed by atoms with E-state index < -0.39 is 0 Å². The summed E-state index contributed by atoms with van der Waals surface area (Å²) in [6, 6.07) is 8.09. The van der Waals surface area contributed by atoms with Crippen molar-refractivity contribution in [3.8, 4) is 0 Å². The molecule has 0 fully saturated rings. The lowest BCUT2D eigenvalue weighted by Crippen LogP contribution is -2.42. The van der Waals surface area contributed by atoms with Crippen LogP contribution in [-0.2, 0) is 13.0 Å². The number of aliphatic hydroxyl groups excluding tert-OH is 1. The van der Waals surface area contributed by atoms with E-state index in [4.69, 9.17) is 4.42 Å². The Hall–Kier alpha value is -1.32. The van der Waals surface area contributed by atoms with Gasteiger partial charge in [0, 0.05) is 29.5 Å². The third kappa shape index (κ3) is 2.57. The molecule has 0 saturated heterocycles. The maximum Gasteiger partial charge on any atom is 0.134 e. The number of aliphatic hydroxyl groups is 1. The van der Waals surface area contributed by atoms with Crippen LogP contribution in [0.15, 0.2) is 28.7 Å². The Morgan fingerprint density at radius 3 is 2.67 bits per heavy atom. The molecule has 2 N–H and O–H groups in total. The first-order valence-electron chi connectivity index (χ1n) is 6.42. The molecule has 18 heavy (non-hydrogen) atoms. The van der Waals surface area contributed by atoms with Gasteiger partial charge in [-0.25, -0.2) is 0 Å². The fourth-order valence-corrected chi connectivity index (χ4v) is 2.01. The summed E-state index contributed by atoms with van der Waals surface area (Å²) in [6.07, 6.45) is 0.880. The fourth-order valence-electron chi connectivity index (χ4n) is 2.01. The average molecular weight is 247 g/mol. The predicted octanol–water partition coefficient (Wildman–Crippen LogP) is 2.86. The Morgan fingerprint density at radius 2 is 2.00 bits per heavy atom. The lowest BCUT2D eigenvalue weighted by atomic mass is 10.0. The maximum absolute atomic E-state index is 9.28. The molecule has 0 bridgehead atoms. The normalized spacial score (nSPS) is 12.2. The number of hydrogen-bond acceptors (Lipinski definition) is 3. The van der Waals surface area contributed by atoms with E-state index in [9.17, 15) is 5.11 Å². The molecule has 2 rings (SSSR count). The maximum atomic E-state index is 9.28. The molecular formula is C15H21NO2. The Bertz CT molecular complexity index is 528. The van der Waals surface area contributed by atoms with Gasteiger partial charge >= 0.3 is 0 Å². The van der Waals surface area contributed by atoms with Gasteiger partial charge in [0.2, 0.25) is 0 Å². The van der Waals surface area contributed by atoms with Crippen LogP contribution in [0.3, 0.4) is 0 Å². The summed E-state index contributed by atoms with van der Waals surface area (Å²) in [4.78, 5) is 0. The van der Waals surface area contributed by atoms with Gasteiger partial charge in [-0.3, -0.25) is 0 Å². The fraction of sp³-hybridized carbons (Fsp3) is 0.467. The summed E-state index contributed by atoms with van der Waals surface area (Å²) < 4.78 is 5.84. The zero-order valence-corrected chi connectivity index (χ0v) is 11.3. The Labute approximate surface area is 108 Å². The Morgan fingerprint density at radius 1 is 1.28 bits per heavy atom. The molecule has 0 unspecified atom stereocenters. The minimum absolute atomic E-state index is 0.115. The van der Waals surface area contributed by atoms with Crippen LogP contribution in [0.2, 0.25) is 0 Å². The third-order valence-electron chi connectivity index (χ3n) is 3.24. The van der Waals surface area contributed by atoms with E-state index in [0.717, 1.165) is 23.2 Å². The van der Waals surface area contributed by atoms with Crippen LogP contribution in [0.25, 0.3) is 11.0 Å². The minimum Gasteiger partial charge on any atom is -0.461 e. The summed E-state index contributed by atoms with van der Waals surface area (Å²) in [6.45, 7) is 6.90. The van der Waals surface area contributed by atoms with E-state index in [2.05, 4.69) is 18.3 Å². The van der Waals surface area contributed by atoms with E-state index in [0.29, 0.717) is 6.54 Å². The van der Waals surface area contributed by atoms with E-state index >= 15 is 0 Å². The van der Waals surface area contributed by atoms with Gasteiger partial charge in [0.15, 0.2) is 0 Å². The first-order valence-corrected chi connectivity index (χ1v) is 6.42. The molecule has 1 heterocycles. The number of rotatable bonds is 5. The second-order valence-electron chi connectivity index (χ2n) is 5.25. The molecule has 0 aliphatic rings. The van der Waals surface area contributed by atoms with E-state index in [1.54, 1.807) is 0 Å². The number of nitrogens with one attached hydrogen (secondary N) is 1. The van der Waals surface area contributed by atoms with Crippen molar-refractivity contribution in [2.24, 2.45) is 0 Å². The minimum atomic E-state index is -0.274. The van der Waals surface area contributed by atoms with E-state index in [-0.39, 0.29) is 12.1 Å². The molecule has 0 amide bonds. The lowest BCUT2D eigenvalue weighted by Gasteiger charge is -2.23. The number of furan rings is 1. The van der Waals surface area contributed by atoms with Gasteiger partial charge in [-0.05, 0) is 19.9 Å². The smallest absolute Gasteiger partial charge is 0.134 e. The monoisotopic (exact) mass is 247 g/mol. The first-order chi connectivity index (χ1) is 8.57. The van der Waals surface area contributed by atoms with Gasteiger partial charge in [0.25, 0.3) is 0 Å². The van der Waals surface area contributed by atoms with Crippen LogP contribution in [0.5, 0.6) is 0 Å². The molecule has 0 atom stereocenters. The molecule has 1 aromatic carbocycles. The van der Waals surface area contributed by atoms with Crippen LogP contribution in [0, 0.1) is 0 Å². The van der Waals surface area contributed by atoms with E-state index in [1.165, 1.54) is 5.56 Å². The molecular weight excluding hydrogens is 226 g/mol. The van der Waals surface area contributed by atoms with Gasteiger partial charge in [0.1, 0.15) is 11.3 Å². The second kappa shape index (κ2) is 5.12. The van der Waals surface area contributed by atoms with Gasteiger partial charge in [-0.2, -0.15) is 0 Å². The summed E-state index contributed by atoms with van der Waals surface area (Å²) in [5, 5.41) is 13.8. The van der Waals surface area contributed by atoms with Crippen molar-refractivity contribution < 1.29 is 9.52 Å².